The molecular weight excluding hydrogens is 386 g/mol. The van der Waals surface area contributed by atoms with Crippen molar-refractivity contribution in [3.63, 3.8) is 0 Å². The van der Waals surface area contributed by atoms with Crippen LogP contribution in [0.25, 0.3) is 16.7 Å². The molecule has 0 aliphatic rings. The number of imidazole rings is 1. The molecule has 4 aromatic rings. The summed E-state index contributed by atoms with van der Waals surface area (Å²) < 4.78 is 3.46. The highest BCUT2D eigenvalue weighted by molar-refractivity contribution is 5.93. The maximum absolute atomic E-state index is 12.5. The van der Waals surface area contributed by atoms with Crippen molar-refractivity contribution in [2.75, 3.05) is 6.54 Å². The summed E-state index contributed by atoms with van der Waals surface area (Å²) in [4.78, 5) is 27.4. The summed E-state index contributed by atoms with van der Waals surface area (Å²) in [6.07, 6.45) is 2.52. The number of benzene rings is 2. The monoisotopic (exact) mass is 405 g/mol. The van der Waals surface area contributed by atoms with Gasteiger partial charge in [-0.3, -0.25) is 14.9 Å². The van der Waals surface area contributed by atoms with Gasteiger partial charge in [-0.1, -0.05) is 23.4 Å². The summed E-state index contributed by atoms with van der Waals surface area (Å²) in [5.74, 6) is -0.334. The minimum absolute atomic E-state index is 0.0552. The van der Waals surface area contributed by atoms with E-state index in [2.05, 4.69) is 20.6 Å². The van der Waals surface area contributed by atoms with Crippen molar-refractivity contribution >= 4 is 22.6 Å². The molecule has 10 heteroatoms. The first-order chi connectivity index (χ1) is 14.5. The topological polar surface area (TPSA) is 121 Å². The van der Waals surface area contributed by atoms with E-state index in [1.54, 1.807) is 25.4 Å². The Balaban J connectivity index is 1.38. The van der Waals surface area contributed by atoms with Crippen molar-refractivity contribution in [2.24, 2.45) is 0 Å². The predicted octanol–water partition coefficient (Wildman–Crippen LogP) is 2.65. The lowest BCUT2D eigenvalue weighted by Gasteiger charge is -2.06. The molecule has 152 valence electrons. The molecule has 0 aliphatic carbocycles. The van der Waals surface area contributed by atoms with Crippen LogP contribution in [0.4, 0.5) is 5.69 Å². The number of nitro benzene ring substituents is 1. The smallest absolute Gasteiger partial charge is 0.273 e. The first kappa shape index (κ1) is 19.2. The van der Waals surface area contributed by atoms with Crippen LogP contribution in [0.3, 0.4) is 0 Å². The second kappa shape index (κ2) is 8.11. The third-order valence-corrected chi connectivity index (χ3v) is 4.78. The standard InChI is InChI=1S/C20H19N7O3/c1-14-19(23-24-26(14)15-6-4-7-16(12-15)27(29)30)20(28)21-10-5-11-25-13-22-17-8-2-3-9-18(17)25/h2-4,6-9,12-13H,5,10-11H2,1H3,(H,21,28). The number of carbonyl (C=O) groups excluding carboxylic acids is 1. The predicted molar refractivity (Wildman–Crippen MR) is 109 cm³/mol. The van der Waals surface area contributed by atoms with Crippen LogP contribution in [0, 0.1) is 17.0 Å². The van der Waals surface area contributed by atoms with E-state index in [0.717, 1.165) is 24.0 Å². The van der Waals surface area contributed by atoms with E-state index in [-0.39, 0.29) is 17.3 Å². The lowest BCUT2D eigenvalue weighted by molar-refractivity contribution is -0.384. The fourth-order valence-electron chi connectivity index (χ4n) is 3.25. The Morgan fingerprint density at radius 3 is 2.87 bits per heavy atom. The number of hydrogen-bond acceptors (Lipinski definition) is 6. The largest absolute Gasteiger partial charge is 0.351 e. The van der Waals surface area contributed by atoms with Crippen LogP contribution in [0.2, 0.25) is 0 Å². The molecule has 0 saturated heterocycles. The lowest BCUT2D eigenvalue weighted by Crippen LogP contribution is -2.26. The van der Waals surface area contributed by atoms with Gasteiger partial charge in [0.25, 0.3) is 11.6 Å². The Bertz CT molecular complexity index is 1230. The van der Waals surface area contributed by atoms with E-state index in [4.69, 9.17) is 0 Å². The molecule has 2 aromatic carbocycles. The fourth-order valence-corrected chi connectivity index (χ4v) is 3.25. The number of hydrogen-bond donors (Lipinski definition) is 1. The summed E-state index contributed by atoms with van der Waals surface area (Å²) >= 11 is 0. The second-order valence-corrected chi connectivity index (χ2v) is 6.75. The van der Waals surface area contributed by atoms with Crippen molar-refractivity contribution < 1.29 is 9.72 Å². The number of aromatic nitrogens is 5. The zero-order valence-corrected chi connectivity index (χ0v) is 16.2. The van der Waals surface area contributed by atoms with Crippen LogP contribution in [-0.4, -0.2) is 41.9 Å². The maximum Gasteiger partial charge on any atom is 0.273 e. The minimum atomic E-state index is -0.479. The van der Waals surface area contributed by atoms with Gasteiger partial charge in [0, 0.05) is 25.2 Å². The molecule has 0 fully saturated rings. The number of carbonyl (C=O) groups is 1. The molecule has 2 heterocycles. The van der Waals surface area contributed by atoms with Gasteiger partial charge in [0.15, 0.2) is 5.69 Å². The lowest BCUT2D eigenvalue weighted by atomic mass is 10.2. The molecule has 0 bridgehead atoms. The number of nitro groups is 1. The van der Waals surface area contributed by atoms with Crippen molar-refractivity contribution in [1.82, 2.24) is 29.9 Å². The summed E-state index contributed by atoms with van der Waals surface area (Å²) in [5.41, 5.74) is 3.11. The highest BCUT2D eigenvalue weighted by Gasteiger charge is 2.18. The quantitative estimate of drug-likeness (QED) is 0.287. The minimum Gasteiger partial charge on any atom is -0.351 e. The van der Waals surface area contributed by atoms with Crippen LogP contribution in [0.5, 0.6) is 0 Å². The van der Waals surface area contributed by atoms with Crippen molar-refractivity contribution in [3.05, 3.63) is 76.4 Å². The molecule has 0 unspecified atom stereocenters. The fraction of sp³-hybridized carbons (Fsp3) is 0.200. The number of nitrogens with one attached hydrogen (secondary N) is 1. The zero-order valence-electron chi connectivity index (χ0n) is 16.2. The Labute approximate surface area is 171 Å². The van der Waals surface area contributed by atoms with Gasteiger partial charge in [0.2, 0.25) is 0 Å². The van der Waals surface area contributed by atoms with Crippen LogP contribution in [0.1, 0.15) is 22.6 Å². The van der Waals surface area contributed by atoms with Gasteiger partial charge >= 0.3 is 0 Å². The Hall–Kier alpha value is -4.08. The van der Waals surface area contributed by atoms with E-state index in [1.807, 2.05) is 28.8 Å². The SMILES string of the molecule is Cc1c(C(=O)NCCCn2cnc3ccccc32)nnn1-c1cccc([N+](=O)[O-])c1. The molecule has 4 rings (SSSR count). The van der Waals surface area contributed by atoms with Crippen LogP contribution in [0.15, 0.2) is 54.9 Å². The number of rotatable bonds is 7. The van der Waals surface area contributed by atoms with E-state index in [0.29, 0.717) is 17.9 Å². The second-order valence-electron chi connectivity index (χ2n) is 6.75. The van der Waals surface area contributed by atoms with E-state index < -0.39 is 4.92 Å². The molecule has 0 radical (unpaired) electrons. The van der Waals surface area contributed by atoms with Crippen molar-refractivity contribution in [3.8, 4) is 5.69 Å². The Morgan fingerprint density at radius 2 is 2.03 bits per heavy atom. The maximum atomic E-state index is 12.5. The molecule has 1 amide bonds. The van der Waals surface area contributed by atoms with Crippen LogP contribution in [-0.2, 0) is 6.54 Å². The third kappa shape index (κ3) is 3.75. The summed E-state index contributed by atoms with van der Waals surface area (Å²) in [6, 6.07) is 13.9. The summed E-state index contributed by atoms with van der Waals surface area (Å²) in [7, 11) is 0. The van der Waals surface area contributed by atoms with Gasteiger partial charge in [-0.05, 0) is 31.5 Å². The Morgan fingerprint density at radius 1 is 1.20 bits per heavy atom. The van der Waals surface area contributed by atoms with Gasteiger partial charge in [-0.15, -0.1) is 5.10 Å². The zero-order chi connectivity index (χ0) is 21.1. The van der Waals surface area contributed by atoms with Crippen LogP contribution < -0.4 is 5.32 Å². The van der Waals surface area contributed by atoms with E-state index in [1.165, 1.54) is 16.8 Å². The number of amides is 1. The van der Waals surface area contributed by atoms with Crippen LogP contribution >= 0.6 is 0 Å². The molecule has 0 spiro atoms. The Kier molecular flexibility index (Phi) is 5.21. The summed E-state index contributed by atoms with van der Waals surface area (Å²) in [6.45, 7) is 2.89. The van der Waals surface area contributed by atoms with Crippen molar-refractivity contribution in [2.45, 2.75) is 19.9 Å². The molecule has 10 nitrogen and oxygen atoms in total. The normalized spacial score (nSPS) is 11.0. The number of nitrogens with zero attached hydrogens (tertiary/aromatic N) is 6. The van der Waals surface area contributed by atoms with Gasteiger partial charge in [0.1, 0.15) is 0 Å². The van der Waals surface area contributed by atoms with Gasteiger partial charge in [0.05, 0.1) is 33.7 Å². The molecule has 0 saturated carbocycles. The molecule has 0 aliphatic heterocycles. The highest BCUT2D eigenvalue weighted by Crippen LogP contribution is 2.18. The van der Waals surface area contributed by atoms with E-state index >= 15 is 0 Å². The average Bonchev–Trinajstić information content (AvgIpc) is 3.34. The molecule has 1 N–H and O–H groups in total. The highest BCUT2D eigenvalue weighted by atomic mass is 16.6. The van der Waals surface area contributed by atoms with E-state index in [9.17, 15) is 14.9 Å². The van der Waals surface area contributed by atoms with Gasteiger partial charge < -0.3 is 9.88 Å². The third-order valence-electron chi connectivity index (χ3n) is 4.78. The molecule has 0 atom stereocenters. The number of aryl methyl sites for hydroxylation is 1. The summed E-state index contributed by atoms with van der Waals surface area (Å²) in [5, 5.41) is 21.8. The van der Waals surface area contributed by atoms with Gasteiger partial charge in [-0.2, -0.15) is 0 Å². The number of non-ortho nitro benzene ring substituents is 1. The first-order valence-corrected chi connectivity index (χ1v) is 9.40. The number of fused-ring (bicyclic) bond motifs is 1. The molecule has 30 heavy (non-hydrogen) atoms. The molecular formula is C20H19N7O3. The van der Waals surface area contributed by atoms with Crippen molar-refractivity contribution in [1.29, 1.82) is 0 Å². The first-order valence-electron chi connectivity index (χ1n) is 9.40. The molecule has 2 aromatic heterocycles. The average molecular weight is 405 g/mol. The van der Waals surface area contributed by atoms with Gasteiger partial charge in [-0.25, -0.2) is 9.67 Å². The number of para-hydroxylation sites is 2.